The van der Waals surface area contributed by atoms with Crippen molar-refractivity contribution < 1.29 is 4.74 Å². The number of rotatable bonds is 1. The Labute approximate surface area is 86.2 Å². The molecule has 1 aliphatic rings. The van der Waals surface area contributed by atoms with Crippen molar-refractivity contribution in [3.05, 3.63) is 27.7 Å². The van der Waals surface area contributed by atoms with Gasteiger partial charge in [-0.25, -0.2) is 0 Å². The Morgan fingerprint density at radius 2 is 2.31 bits per heavy atom. The molecule has 70 valence electrons. The lowest BCUT2D eigenvalue weighted by molar-refractivity contribution is 0.411. The molecule has 1 atom stereocenters. The smallest absolute Gasteiger partial charge is 0.133 e. The molecule has 0 aromatic heterocycles. The van der Waals surface area contributed by atoms with E-state index in [-0.39, 0.29) is 6.04 Å². The topological polar surface area (TPSA) is 35.2 Å². The minimum Gasteiger partial charge on any atom is -0.496 e. The largest absolute Gasteiger partial charge is 0.496 e. The van der Waals surface area contributed by atoms with E-state index in [4.69, 9.17) is 10.5 Å². The van der Waals surface area contributed by atoms with Crippen LogP contribution in [0, 0.1) is 0 Å². The molecule has 0 heterocycles. The molecule has 1 aromatic rings. The maximum atomic E-state index is 5.95. The number of hydrogen-bond acceptors (Lipinski definition) is 2. The Kier molecular flexibility index (Phi) is 2.30. The van der Waals surface area contributed by atoms with Crippen LogP contribution >= 0.6 is 15.9 Å². The Hall–Kier alpha value is -0.540. The van der Waals surface area contributed by atoms with E-state index in [2.05, 4.69) is 22.0 Å². The van der Waals surface area contributed by atoms with Crippen molar-refractivity contribution in [1.29, 1.82) is 0 Å². The van der Waals surface area contributed by atoms with Gasteiger partial charge < -0.3 is 10.5 Å². The highest BCUT2D eigenvalue weighted by Gasteiger charge is 2.20. The van der Waals surface area contributed by atoms with Crippen LogP contribution in [-0.4, -0.2) is 7.11 Å². The van der Waals surface area contributed by atoms with Crippen LogP contribution in [0.2, 0.25) is 0 Å². The van der Waals surface area contributed by atoms with Crippen molar-refractivity contribution in [2.24, 2.45) is 5.73 Å². The number of benzene rings is 1. The summed E-state index contributed by atoms with van der Waals surface area (Å²) in [6.45, 7) is 0. The van der Waals surface area contributed by atoms with Gasteiger partial charge in [0.05, 0.1) is 11.6 Å². The monoisotopic (exact) mass is 241 g/mol. The minimum absolute atomic E-state index is 0.192. The SMILES string of the molecule is COc1cc2c(cc1Br)CC[C@H]2N. The molecule has 0 fully saturated rings. The van der Waals surface area contributed by atoms with Gasteiger partial charge in [0, 0.05) is 6.04 Å². The first kappa shape index (κ1) is 9.03. The lowest BCUT2D eigenvalue weighted by Gasteiger charge is -2.09. The molecule has 0 radical (unpaired) electrons. The van der Waals surface area contributed by atoms with Crippen molar-refractivity contribution in [2.75, 3.05) is 7.11 Å². The zero-order chi connectivity index (χ0) is 9.42. The molecule has 0 saturated carbocycles. The number of aryl methyl sites for hydroxylation is 1. The van der Waals surface area contributed by atoms with E-state index in [1.165, 1.54) is 11.1 Å². The quantitative estimate of drug-likeness (QED) is 0.820. The summed E-state index contributed by atoms with van der Waals surface area (Å²) in [5.41, 5.74) is 8.53. The lowest BCUT2D eigenvalue weighted by atomic mass is 10.1. The third-order valence-electron chi connectivity index (χ3n) is 2.54. The number of ether oxygens (including phenoxy) is 1. The second-order valence-corrected chi connectivity index (χ2v) is 4.19. The van der Waals surface area contributed by atoms with E-state index in [0.29, 0.717) is 0 Å². The predicted octanol–water partition coefficient (Wildman–Crippen LogP) is 2.40. The fraction of sp³-hybridized carbons (Fsp3) is 0.400. The number of fused-ring (bicyclic) bond motifs is 1. The van der Waals surface area contributed by atoms with E-state index >= 15 is 0 Å². The molecule has 2 N–H and O–H groups in total. The number of hydrogen-bond donors (Lipinski definition) is 1. The van der Waals surface area contributed by atoms with Crippen LogP contribution in [0.1, 0.15) is 23.6 Å². The second-order valence-electron chi connectivity index (χ2n) is 3.33. The summed E-state index contributed by atoms with van der Waals surface area (Å²) in [6.07, 6.45) is 2.13. The van der Waals surface area contributed by atoms with Crippen LogP contribution in [0.3, 0.4) is 0 Å². The summed E-state index contributed by atoms with van der Waals surface area (Å²) >= 11 is 3.46. The molecular weight excluding hydrogens is 230 g/mol. The first-order valence-corrected chi connectivity index (χ1v) is 5.13. The summed E-state index contributed by atoms with van der Waals surface area (Å²) in [7, 11) is 1.67. The van der Waals surface area contributed by atoms with Crippen molar-refractivity contribution >= 4 is 15.9 Å². The molecule has 1 aromatic carbocycles. The minimum atomic E-state index is 0.192. The van der Waals surface area contributed by atoms with Gasteiger partial charge in [-0.3, -0.25) is 0 Å². The van der Waals surface area contributed by atoms with Gasteiger partial charge in [-0.05, 0) is 52.0 Å². The first-order chi connectivity index (χ1) is 6.22. The van der Waals surface area contributed by atoms with Crippen molar-refractivity contribution in [2.45, 2.75) is 18.9 Å². The van der Waals surface area contributed by atoms with Crippen molar-refractivity contribution in [3.63, 3.8) is 0 Å². The highest BCUT2D eigenvalue weighted by molar-refractivity contribution is 9.10. The average molecular weight is 242 g/mol. The van der Waals surface area contributed by atoms with Gasteiger partial charge in [0.15, 0.2) is 0 Å². The van der Waals surface area contributed by atoms with E-state index in [0.717, 1.165) is 23.1 Å². The van der Waals surface area contributed by atoms with Gasteiger partial charge in [0.2, 0.25) is 0 Å². The maximum absolute atomic E-state index is 5.95. The predicted molar refractivity (Wildman–Crippen MR) is 55.9 cm³/mol. The molecule has 13 heavy (non-hydrogen) atoms. The second kappa shape index (κ2) is 3.31. The molecule has 2 nitrogen and oxygen atoms in total. The zero-order valence-electron chi connectivity index (χ0n) is 7.51. The average Bonchev–Trinajstić information content (AvgIpc) is 2.46. The summed E-state index contributed by atoms with van der Waals surface area (Å²) in [5.74, 6) is 0.871. The maximum Gasteiger partial charge on any atom is 0.133 e. The molecule has 2 rings (SSSR count). The Balaban J connectivity index is 2.51. The fourth-order valence-corrected chi connectivity index (χ4v) is 2.35. The van der Waals surface area contributed by atoms with E-state index < -0.39 is 0 Å². The van der Waals surface area contributed by atoms with E-state index in [1.54, 1.807) is 7.11 Å². The van der Waals surface area contributed by atoms with Crippen LogP contribution in [0.5, 0.6) is 5.75 Å². The van der Waals surface area contributed by atoms with E-state index in [9.17, 15) is 0 Å². The molecule has 0 spiro atoms. The third kappa shape index (κ3) is 1.46. The van der Waals surface area contributed by atoms with Crippen molar-refractivity contribution in [1.82, 2.24) is 0 Å². The molecular formula is C10H12BrNO. The van der Waals surface area contributed by atoms with Gasteiger partial charge in [-0.2, -0.15) is 0 Å². The van der Waals surface area contributed by atoms with Crippen LogP contribution in [0.15, 0.2) is 16.6 Å². The highest BCUT2D eigenvalue weighted by Crippen LogP contribution is 2.36. The molecule has 0 amide bonds. The zero-order valence-corrected chi connectivity index (χ0v) is 9.10. The number of halogens is 1. The van der Waals surface area contributed by atoms with Crippen molar-refractivity contribution in [3.8, 4) is 5.75 Å². The Morgan fingerprint density at radius 1 is 1.54 bits per heavy atom. The molecule has 0 saturated heterocycles. The van der Waals surface area contributed by atoms with Crippen LogP contribution < -0.4 is 10.5 Å². The van der Waals surface area contributed by atoms with Crippen LogP contribution in [-0.2, 0) is 6.42 Å². The van der Waals surface area contributed by atoms with Gasteiger partial charge in [0.1, 0.15) is 5.75 Å². The van der Waals surface area contributed by atoms with Crippen LogP contribution in [0.25, 0.3) is 0 Å². The summed E-state index contributed by atoms with van der Waals surface area (Å²) in [6, 6.07) is 4.34. The van der Waals surface area contributed by atoms with Gasteiger partial charge in [-0.15, -0.1) is 0 Å². The number of methoxy groups -OCH3 is 1. The lowest BCUT2D eigenvalue weighted by Crippen LogP contribution is -2.05. The van der Waals surface area contributed by atoms with Crippen LogP contribution in [0.4, 0.5) is 0 Å². The normalized spacial score (nSPS) is 20.1. The molecule has 0 aliphatic heterocycles. The Morgan fingerprint density at radius 3 is 3.00 bits per heavy atom. The summed E-state index contributed by atoms with van der Waals surface area (Å²) < 4.78 is 6.23. The number of nitrogens with two attached hydrogens (primary N) is 1. The molecule has 0 bridgehead atoms. The standard InChI is InChI=1S/C10H12BrNO/c1-13-10-5-7-6(4-8(10)11)2-3-9(7)12/h4-5,9H,2-3,12H2,1H3/t9-/m1/s1. The van der Waals surface area contributed by atoms with Gasteiger partial charge >= 0.3 is 0 Å². The summed E-state index contributed by atoms with van der Waals surface area (Å²) in [5, 5.41) is 0. The van der Waals surface area contributed by atoms with Gasteiger partial charge in [-0.1, -0.05) is 0 Å². The molecule has 0 unspecified atom stereocenters. The Bertz CT molecular complexity index is 338. The fourth-order valence-electron chi connectivity index (χ4n) is 1.79. The van der Waals surface area contributed by atoms with E-state index in [1.807, 2.05) is 6.07 Å². The first-order valence-electron chi connectivity index (χ1n) is 4.34. The summed E-state index contributed by atoms with van der Waals surface area (Å²) in [4.78, 5) is 0. The van der Waals surface area contributed by atoms with Gasteiger partial charge in [0.25, 0.3) is 0 Å². The molecule has 3 heteroatoms. The highest BCUT2D eigenvalue weighted by atomic mass is 79.9. The molecule has 1 aliphatic carbocycles. The third-order valence-corrected chi connectivity index (χ3v) is 3.16.